The summed E-state index contributed by atoms with van der Waals surface area (Å²) in [5.74, 6) is 0.333. The fourth-order valence-electron chi connectivity index (χ4n) is 3.54. The molecule has 0 bridgehead atoms. The van der Waals surface area contributed by atoms with E-state index in [2.05, 4.69) is 48.1 Å². The molecule has 25 heavy (non-hydrogen) atoms. The molecule has 1 aliphatic carbocycles. The van der Waals surface area contributed by atoms with Crippen molar-refractivity contribution in [2.24, 2.45) is 5.92 Å². The zero-order chi connectivity index (χ0) is 17.2. The molecular formula is C18H18IN5O. The second-order valence-electron chi connectivity index (χ2n) is 6.40. The van der Waals surface area contributed by atoms with Crippen LogP contribution in [0, 0.1) is 9.62 Å². The van der Waals surface area contributed by atoms with Crippen molar-refractivity contribution < 1.29 is 4.79 Å². The Morgan fingerprint density at radius 2 is 2.12 bits per heavy atom. The molecule has 2 aromatic heterocycles. The van der Waals surface area contributed by atoms with Crippen LogP contribution >= 0.6 is 22.6 Å². The average molecular weight is 447 g/mol. The fourth-order valence-corrected chi connectivity index (χ4v) is 4.09. The number of rotatable bonds is 4. The van der Waals surface area contributed by atoms with Gasteiger partial charge < -0.3 is 5.32 Å². The minimum atomic E-state index is -0.0946. The number of aromatic amines is 1. The maximum atomic E-state index is 12.9. The molecule has 7 heteroatoms. The Kier molecular flexibility index (Phi) is 4.65. The van der Waals surface area contributed by atoms with Crippen LogP contribution in [0.15, 0.2) is 36.8 Å². The van der Waals surface area contributed by atoms with E-state index in [1.165, 1.54) is 12.8 Å². The number of fused-ring (bicyclic) bond motifs is 1. The summed E-state index contributed by atoms with van der Waals surface area (Å²) in [5.41, 5.74) is 2.34. The van der Waals surface area contributed by atoms with E-state index in [0.29, 0.717) is 11.5 Å². The van der Waals surface area contributed by atoms with E-state index in [-0.39, 0.29) is 11.9 Å². The van der Waals surface area contributed by atoms with Crippen molar-refractivity contribution in [1.29, 1.82) is 0 Å². The molecule has 1 atom stereocenters. The molecule has 4 rings (SSSR count). The predicted molar refractivity (Wildman–Crippen MR) is 103 cm³/mol. The lowest BCUT2D eigenvalue weighted by Gasteiger charge is -2.24. The van der Waals surface area contributed by atoms with Gasteiger partial charge in [0.25, 0.3) is 5.91 Å². The van der Waals surface area contributed by atoms with Crippen molar-refractivity contribution in [3.8, 4) is 0 Å². The van der Waals surface area contributed by atoms with Gasteiger partial charge in [0, 0.05) is 23.3 Å². The number of hydrogen-bond donors (Lipinski definition) is 2. The van der Waals surface area contributed by atoms with Crippen LogP contribution in [0.4, 0.5) is 0 Å². The van der Waals surface area contributed by atoms with Crippen molar-refractivity contribution >= 4 is 39.4 Å². The lowest BCUT2D eigenvalue weighted by atomic mass is 9.95. The second-order valence-corrected chi connectivity index (χ2v) is 7.47. The molecule has 3 aromatic rings. The van der Waals surface area contributed by atoms with Gasteiger partial charge in [0.2, 0.25) is 0 Å². The molecular weight excluding hydrogens is 429 g/mol. The van der Waals surface area contributed by atoms with Crippen molar-refractivity contribution in [3.63, 3.8) is 0 Å². The number of benzene rings is 1. The summed E-state index contributed by atoms with van der Waals surface area (Å²) in [6.45, 7) is 0. The normalized spacial score (nSPS) is 16.2. The van der Waals surface area contributed by atoms with Gasteiger partial charge in [0.1, 0.15) is 3.70 Å². The van der Waals surface area contributed by atoms with E-state index in [1.54, 1.807) is 18.6 Å². The highest BCUT2D eigenvalue weighted by atomic mass is 127. The molecule has 2 heterocycles. The molecule has 2 N–H and O–H groups in total. The van der Waals surface area contributed by atoms with E-state index < -0.39 is 0 Å². The summed E-state index contributed by atoms with van der Waals surface area (Å²) in [5, 5.41) is 11.3. The van der Waals surface area contributed by atoms with Gasteiger partial charge in [-0.2, -0.15) is 5.10 Å². The third kappa shape index (κ3) is 3.37. The van der Waals surface area contributed by atoms with Gasteiger partial charge in [-0.3, -0.25) is 19.9 Å². The van der Waals surface area contributed by atoms with Gasteiger partial charge in [-0.25, -0.2) is 0 Å². The number of carbonyl (C=O) groups is 1. The molecule has 0 radical (unpaired) electrons. The summed E-state index contributed by atoms with van der Waals surface area (Å²) in [6, 6.07) is 5.48. The molecule has 0 saturated heterocycles. The molecule has 1 amide bonds. The summed E-state index contributed by atoms with van der Waals surface area (Å²) >= 11 is 2.19. The predicted octanol–water partition coefficient (Wildman–Crippen LogP) is 3.62. The molecule has 6 nitrogen and oxygen atoms in total. The van der Waals surface area contributed by atoms with Gasteiger partial charge in [0.15, 0.2) is 0 Å². The lowest BCUT2D eigenvalue weighted by Crippen LogP contribution is -2.33. The quantitative estimate of drug-likeness (QED) is 0.599. The first-order valence-electron chi connectivity index (χ1n) is 8.43. The number of carbonyl (C=O) groups excluding carboxylic acids is 1. The first kappa shape index (κ1) is 16.4. The summed E-state index contributed by atoms with van der Waals surface area (Å²) in [4.78, 5) is 21.5. The van der Waals surface area contributed by atoms with E-state index in [9.17, 15) is 4.79 Å². The Balaban J connectivity index is 1.61. The molecule has 1 fully saturated rings. The van der Waals surface area contributed by atoms with Crippen LogP contribution in [0.3, 0.4) is 0 Å². The van der Waals surface area contributed by atoms with Crippen molar-refractivity contribution in [3.05, 3.63) is 51.7 Å². The van der Waals surface area contributed by atoms with Crippen molar-refractivity contribution in [2.75, 3.05) is 0 Å². The second kappa shape index (κ2) is 7.07. The molecule has 0 spiro atoms. The molecule has 1 saturated carbocycles. The monoisotopic (exact) mass is 447 g/mol. The number of aromatic nitrogens is 4. The summed E-state index contributed by atoms with van der Waals surface area (Å²) < 4.78 is 0.934. The fraction of sp³-hybridized carbons (Fsp3) is 0.333. The van der Waals surface area contributed by atoms with E-state index in [1.807, 2.05) is 18.2 Å². The van der Waals surface area contributed by atoms with E-state index in [0.717, 1.165) is 33.1 Å². The number of nitrogens with zero attached hydrogens (tertiary/aromatic N) is 3. The van der Waals surface area contributed by atoms with Crippen LogP contribution < -0.4 is 5.32 Å². The number of H-pyrrole nitrogens is 1. The van der Waals surface area contributed by atoms with Crippen LogP contribution in [0.25, 0.3) is 10.9 Å². The van der Waals surface area contributed by atoms with E-state index >= 15 is 0 Å². The van der Waals surface area contributed by atoms with Gasteiger partial charge in [-0.15, -0.1) is 0 Å². The largest absolute Gasteiger partial charge is 0.343 e. The molecule has 0 aliphatic heterocycles. The first-order chi connectivity index (χ1) is 12.2. The molecule has 0 unspecified atom stereocenters. The zero-order valence-electron chi connectivity index (χ0n) is 13.6. The maximum absolute atomic E-state index is 12.9. The lowest BCUT2D eigenvalue weighted by molar-refractivity contribution is 0.0920. The van der Waals surface area contributed by atoms with Gasteiger partial charge in [0.05, 0.1) is 23.4 Å². The van der Waals surface area contributed by atoms with Crippen molar-refractivity contribution in [2.45, 2.75) is 31.7 Å². The van der Waals surface area contributed by atoms with Crippen LogP contribution in [0.2, 0.25) is 0 Å². The van der Waals surface area contributed by atoms with Crippen LogP contribution in [0.5, 0.6) is 0 Å². The smallest absolute Gasteiger partial charge is 0.251 e. The third-order valence-electron chi connectivity index (χ3n) is 4.83. The number of halogens is 1. The van der Waals surface area contributed by atoms with Gasteiger partial charge in [-0.05, 0) is 59.5 Å². The average Bonchev–Trinajstić information content (AvgIpc) is 3.30. The SMILES string of the molecule is O=C(N[C@@H](c1cnccn1)C1CCCC1)c1ccc2n[nH]c(I)c2c1. The number of amides is 1. The van der Waals surface area contributed by atoms with Gasteiger partial charge >= 0.3 is 0 Å². The van der Waals surface area contributed by atoms with Crippen LogP contribution in [-0.2, 0) is 0 Å². The Bertz CT molecular complexity index is 889. The Morgan fingerprint density at radius 3 is 2.88 bits per heavy atom. The zero-order valence-corrected chi connectivity index (χ0v) is 15.7. The van der Waals surface area contributed by atoms with Gasteiger partial charge in [-0.1, -0.05) is 12.8 Å². The minimum Gasteiger partial charge on any atom is -0.343 e. The minimum absolute atomic E-state index is 0.0820. The summed E-state index contributed by atoms with van der Waals surface area (Å²) in [6.07, 6.45) is 9.73. The highest BCUT2D eigenvalue weighted by molar-refractivity contribution is 14.1. The highest BCUT2D eigenvalue weighted by Crippen LogP contribution is 2.35. The van der Waals surface area contributed by atoms with Crippen molar-refractivity contribution in [1.82, 2.24) is 25.5 Å². The van der Waals surface area contributed by atoms with Crippen LogP contribution in [-0.4, -0.2) is 26.1 Å². The Labute approximate surface area is 159 Å². The maximum Gasteiger partial charge on any atom is 0.251 e. The third-order valence-corrected chi connectivity index (χ3v) is 5.65. The highest BCUT2D eigenvalue weighted by Gasteiger charge is 2.29. The van der Waals surface area contributed by atoms with E-state index in [4.69, 9.17) is 0 Å². The standard InChI is InChI=1S/C18H18IN5O/c19-17-13-9-12(5-6-14(13)23-24-17)18(25)22-16(11-3-1-2-4-11)15-10-20-7-8-21-15/h5-11,16H,1-4H2,(H,22,25)(H,23,24)/t16-/m1/s1. The molecule has 1 aromatic carbocycles. The number of hydrogen-bond acceptors (Lipinski definition) is 4. The Hall–Kier alpha value is -2.03. The van der Waals surface area contributed by atoms with Crippen LogP contribution in [0.1, 0.15) is 47.8 Å². The Morgan fingerprint density at radius 1 is 1.28 bits per heavy atom. The number of nitrogens with one attached hydrogen (secondary N) is 2. The molecule has 1 aliphatic rings. The summed E-state index contributed by atoms with van der Waals surface area (Å²) in [7, 11) is 0. The first-order valence-corrected chi connectivity index (χ1v) is 9.50. The topological polar surface area (TPSA) is 83.6 Å². The molecule has 128 valence electrons.